The number of nitrogens with zero attached hydrogens (tertiary/aromatic N) is 3. The van der Waals surface area contributed by atoms with Gasteiger partial charge in [0.05, 0.1) is 5.69 Å². The standard InChI is InChI=1S/C13H22N4O2/c1-11-9-12(15-19-11)10-16-5-7-17(8-6-16)13(18)3-2-4-14/h9H,2-8,10,14H2,1H3. The zero-order valence-corrected chi connectivity index (χ0v) is 11.5. The minimum Gasteiger partial charge on any atom is -0.361 e. The first kappa shape index (κ1) is 14.0. The lowest BCUT2D eigenvalue weighted by Crippen LogP contribution is -2.48. The van der Waals surface area contributed by atoms with Gasteiger partial charge in [-0.25, -0.2) is 0 Å². The smallest absolute Gasteiger partial charge is 0.222 e. The van der Waals surface area contributed by atoms with E-state index in [4.69, 9.17) is 10.3 Å². The molecule has 0 atom stereocenters. The fourth-order valence-corrected chi connectivity index (χ4v) is 2.29. The van der Waals surface area contributed by atoms with Crippen molar-refractivity contribution in [1.82, 2.24) is 15.0 Å². The van der Waals surface area contributed by atoms with Crippen molar-refractivity contribution in [2.75, 3.05) is 32.7 Å². The fraction of sp³-hybridized carbons (Fsp3) is 0.692. The number of carbonyl (C=O) groups is 1. The molecule has 2 N–H and O–H groups in total. The molecule has 1 fully saturated rings. The molecular weight excluding hydrogens is 244 g/mol. The molecule has 2 heterocycles. The summed E-state index contributed by atoms with van der Waals surface area (Å²) >= 11 is 0. The number of aryl methyl sites for hydroxylation is 1. The highest BCUT2D eigenvalue weighted by molar-refractivity contribution is 5.76. The molecular formula is C13H22N4O2. The maximum Gasteiger partial charge on any atom is 0.222 e. The number of rotatable bonds is 5. The van der Waals surface area contributed by atoms with Crippen molar-refractivity contribution in [2.45, 2.75) is 26.3 Å². The van der Waals surface area contributed by atoms with Crippen molar-refractivity contribution in [2.24, 2.45) is 5.73 Å². The van der Waals surface area contributed by atoms with Gasteiger partial charge in [-0.15, -0.1) is 0 Å². The van der Waals surface area contributed by atoms with E-state index in [2.05, 4.69) is 10.1 Å². The summed E-state index contributed by atoms with van der Waals surface area (Å²) in [7, 11) is 0. The van der Waals surface area contributed by atoms with Gasteiger partial charge >= 0.3 is 0 Å². The van der Waals surface area contributed by atoms with Gasteiger partial charge in [-0.1, -0.05) is 5.16 Å². The summed E-state index contributed by atoms with van der Waals surface area (Å²) in [5.74, 6) is 1.06. The van der Waals surface area contributed by atoms with Crippen LogP contribution in [0.1, 0.15) is 24.3 Å². The quantitative estimate of drug-likeness (QED) is 0.833. The number of nitrogens with two attached hydrogens (primary N) is 1. The number of hydrogen-bond acceptors (Lipinski definition) is 5. The van der Waals surface area contributed by atoms with Crippen LogP contribution < -0.4 is 5.73 Å². The van der Waals surface area contributed by atoms with Crippen LogP contribution in [0.15, 0.2) is 10.6 Å². The highest BCUT2D eigenvalue weighted by Crippen LogP contribution is 2.10. The summed E-state index contributed by atoms with van der Waals surface area (Å²) in [5, 5.41) is 3.99. The molecule has 1 saturated heterocycles. The van der Waals surface area contributed by atoms with Crippen molar-refractivity contribution in [3.8, 4) is 0 Å². The number of aromatic nitrogens is 1. The van der Waals surface area contributed by atoms with Crippen molar-refractivity contribution in [1.29, 1.82) is 0 Å². The van der Waals surface area contributed by atoms with Crippen LogP contribution >= 0.6 is 0 Å². The minimum absolute atomic E-state index is 0.224. The maximum absolute atomic E-state index is 11.8. The second kappa shape index (κ2) is 6.68. The molecule has 6 nitrogen and oxygen atoms in total. The minimum atomic E-state index is 0.224. The molecule has 0 aromatic carbocycles. The van der Waals surface area contributed by atoms with Crippen molar-refractivity contribution < 1.29 is 9.32 Å². The third-order valence-corrected chi connectivity index (χ3v) is 3.38. The van der Waals surface area contributed by atoms with Gasteiger partial charge in [0.25, 0.3) is 0 Å². The Bertz CT molecular complexity index is 411. The van der Waals surface area contributed by atoms with Crippen LogP contribution in [0.2, 0.25) is 0 Å². The first-order valence-corrected chi connectivity index (χ1v) is 6.81. The lowest BCUT2D eigenvalue weighted by atomic mass is 10.2. The Morgan fingerprint density at radius 1 is 1.42 bits per heavy atom. The summed E-state index contributed by atoms with van der Waals surface area (Å²) in [6.45, 7) is 6.63. The molecule has 0 aliphatic carbocycles. The first-order valence-electron chi connectivity index (χ1n) is 6.81. The van der Waals surface area contributed by atoms with Gasteiger partial charge in [0.1, 0.15) is 5.76 Å². The zero-order valence-electron chi connectivity index (χ0n) is 11.5. The molecule has 1 aromatic heterocycles. The third kappa shape index (κ3) is 4.04. The van der Waals surface area contributed by atoms with E-state index >= 15 is 0 Å². The third-order valence-electron chi connectivity index (χ3n) is 3.38. The van der Waals surface area contributed by atoms with E-state index in [1.54, 1.807) is 0 Å². The molecule has 0 saturated carbocycles. The van der Waals surface area contributed by atoms with E-state index in [1.165, 1.54) is 0 Å². The highest BCUT2D eigenvalue weighted by Gasteiger charge is 2.21. The second-order valence-electron chi connectivity index (χ2n) is 4.98. The van der Waals surface area contributed by atoms with E-state index in [-0.39, 0.29) is 5.91 Å². The Kier molecular flexibility index (Phi) is 4.93. The topological polar surface area (TPSA) is 75.6 Å². The second-order valence-corrected chi connectivity index (χ2v) is 4.98. The number of piperazine rings is 1. The maximum atomic E-state index is 11.8. The van der Waals surface area contributed by atoms with E-state index in [1.807, 2.05) is 17.9 Å². The molecule has 1 aromatic rings. The number of carbonyl (C=O) groups excluding carboxylic acids is 1. The Morgan fingerprint density at radius 3 is 2.74 bits per heavy atom. The molecule has 2 rings (SSSR count). The fourth-order valence-electron chi connectivity index (χ4n) is 2.29. The summed E-state index contributed by atoms with van der Waals surface area (Å²) in [6, 6.07) is 1.96. The van der Waals surface area contributed by atoms with Crippen LogP contribution in [-0.4, -0.2) is 53.6 Å². The molecule has 0 radical (unpaired) electrons. The Balaban J connectivity index is 1.74. The molecule has 1 amide bonds. The molecule has 0 unspecified atom stereocenters. The SMILES string of the molecule is Cc1cc(CN2CCN(C(=O)CCCN)CC2)no1. The average molecular weight is 266 g/mol. The Morgan fingerprint density at radius 2 is 2.16 bits per heavy atom. The van der Waals surface area contributed by atoms with Crippen molar-refractivity contribution in [3.63, 3.8) is 0 Å². The normalized spacial score (nSPS) is 16.8. The van der Waals surface area contributed by atoms with Crippen LogP contribution in [0.3, 0.4) is 0 Å². The van der Waals surface area contributed by atoms with Gasteiger partial charge in [-0.2, -0.15) is 0 Å². The molecule has 19 heavy (non-hydrogen) atoms. The van der Waals surface area contributed by atoms with Gasteiger partial charge in [0.2, 0.25) is 5.91 Å². The van der Waals surface area contributed by atoms with Crippen molar-refractivity contribution in [3.05, 3.63) is 17.5 Å². The molecule has 1 aliphatic rings. The average Bonchev–Trinajstić information content (AvgIpc) is 2.82. The predicted molar refractivity (Wildman–Crippen MR) is 71.4 cm³/mol. The molecule has 106 valence electrons. The van der Waals surface area contributed by atoms with E-state index in [0.29, 0.717) is 13.0 Å². The summed E-state index contributed by atoms with van der Waals surface area (Å²) in [4.78, 5) is 16.1. The van der Waals surface area contributed by atoms with Crippen LogP contribution in [0.5, 0.6) is 0 Å². The summed E-state index contributed by atoms with van der Waals surface area (Å²) in [6.07, 6.45) is 1.34. The predicted octanol–water partition coefficient (Wildman–Crippen LogP) is 0.366. The molecule has 0 spiro atoms. The van der Waals surface area contributed by atoms with Crippen LogP contribution in [0, 0.1) is 6.92 Å². The molecule has 0 bridgehead atoms. The van der Waals surface area contributed by atoms with Gasteiger partial charge < -0.3 is 15.2 Å². The monoisotopic (exact) mass is 266 g/mol. The lowest BCUT2D eigenvalue weighted by molar-refractivity contribution is -0.133. The zero-order chi connectivity index (χ0) is 13.7. The highest BCUT2D eigenvalue weighted by atomic mass is 16.5. The first-order chi connectivity index (χ1) is 9.19. The van der Waals surface area contributed by atoms with E-state index in [9.17, 15) is 4.79 Å². The molecule has 6 heteroatoms. The molecule has 1 aliphatic heterocycles. The number of amides is 1. The summed E-state index contributed by atoms with van der Waals surface area (Å²) in [5.41, 5.74) is 6.38. The lowest BCUT2D eigenvalue weighted by Gasteiger charge is -2.34. The summed E-state index contributed by atoms with van der Waals surface area (Å²) < 4.78 is 5.06. The van der Waals surface area contributed by atoms with E-state index in [0.717, 1.165) is 50.6 Å². The largest absolute Gasteiger partial charge is 0.361 e. The van der Waals surface area contributed by atoms with Gasteiger partial charge in [-0.05, 0) is 19.9 Å². The van der Waals surface area contributed by atoms with Crippen molar-refractivity contribution >= 4 is 5.91 Å². The van der Waals surface area contributed by atoms with Gasteiger partial charge in [-0.3, -0.25) is 9.69 Å². The van der Waals surface area contributed by atoms with E-state index < -0.39 is 0 Å². The van der Waals surface area contributed by atoms with Gasteiger partial charge in [0.15, 0.2) is 0 Å². The van der Waals surface area contributed by atoms with Gasteiger partial charge in [0, 0.05) is 45.2 Å². The van der Waals surface area contributed by atoms with Crippen LogP contribution in [0.4, 0.5) is 0 Å². The Hall–Kier alpha value is -1.40. The van der Waals surface area contributed by atoms with Crippen LogP contribution in [0.25, 0.3) is 0 Å². The Labute approximate surface area is 113 Å². The number of hydrogen-bond donors (Lipinski definition) is 1. The van der Waals surface area contributed by atoms with Crippen LogP contribution in [-0.2, 0) is 11.3 Å².